The van der Waals surface area contributed by atoms with Crippen LogP contribution in [-0.4, -0.2) is 10.2 Å². The second kappa shape index (κ2) is 7.65. The van der Waals surface area contributed by atoms with Gasteiger partial charge in [-0.2, -0.15) is 0 Å². The van der Waals surface area contributed by atoms with Crippen LogP contribution in [0.4, 0.5) is 0 Å². The van der Waals surface area contributed by atoms with Crippen molar-refractivity contribution < 1.29 is 19.3 Å². The van der Waals surface area contributed by atoms with Gasteiger partial charge in [0.15, 0.2) is 0 Å². The van der Waals surface area contributed by atoms with E-state index in [-0.39, 0.29) is 11.5 Å². The predicted molar refractivity (Wildman–Crippen MR) is 118 cm³/mol. The molecular formula is C24H21O4P. The minimum Gasteiger partial charge on any atom is -0.507 e. The molecule has 0 aliphatic carbocycles. The Morgan fingerprint density at radius 3 is 2.17 bits per heavy atom. The molecule has 0 radical (unpaired) electrons. The van der Waals surface area contributed by atoms with Crippen molar-refractivity contribution in [3.8, 4) is 28.4 Å². The van der Waals surface area contributed by atoms with Crippen LogP contribution in [0.2, 0.25) is 0 Å². The van der Waals surface area contributed by atoms with Crippen molar-refractivity contribution in [2.45, 2.75) is 13.8 Å². The van der Waals surface area contributed by atoms with Crippen LogP contribution in [0.3, 0.4) is 0 Å². The summed E-state index contributed by atoms with van der Waals surface area (Å²) in [6.07, 6.45) is 0. The number of rotatable bonds is 4. The first kappa shape index (κ1) is 19.1. The first-order valence-corrected chi connectivity index (χ1v) is 10.6. The van der Waals surface area contributed by atoms with Gasteiger partial charge in [0.1, 0.15) is 17.2 Å². The molecule has 0 aliphatic heterocycles. The fourth-order valence-corrected chi connectivity index (χ4v) is 4.88. The van der Waals surface area contributed by atoms with Crippen molar-refractivity contribution in [3.63, 3.8) is 0 Å². The van der Waals surface area contributed by atoms with E-state index in [1.165, 1.54) is 6.07 Å². The molecule has 0 bridgehead atoms. The molecular weight excluding hydrogens is 383 g/mol. The third-order valence-corrected chi connectivity index (χ3v) is 6.30. The lowest BCUT2D eigenvalue weighted by Gasteiger charge is -2.16. The Bertz CT molecular complexity index is 1230. The number of phenolic OH excluding ortho intramolecular Hbond substituents is 2. The van der Waals surface area contributed by atoms with Gasteiger partial charge < -0.3 is 14.7 Å². The molecule has 4 aromatic carbocycles. The Hall–Kier alpha value is -3.23. The maximum atomic E-state index is 13.3. The van der Waals surface area contributed by atoms with Gasteiger partial charge in [-0.25, -0.2) is 0 Å². The van der Waals surface area contributed by atoms with Crippen molar-refractivity contribution in [3.05, 3.63) is 83.9 Å². The largest absolute Gasteiger partial charge is 0.507 e. The van der Waals surface area contributed by atoms with E-state index >= 15 is 0 Å². The van der Waals surface area contributed by atoms with E-state index in [1.54, 1.807) is 30.3 Å². The molecule has 0 amide bonds. The van der Waals surface area contributed by atoms with Crippen LogP contribution in [0.1, 0.15) is 11.1 Å². The Kier molecular flexibility index (Phi) is 5.04. The van der Waals surface area contributed by atoms with E-state index in [4.69, 9.17) is 4.52 Å². The molecule has 0 saturated carbocycles. The van der Waals surface area contributed by atoms with Crippen LogP contribution in [0.5, 0.6) is 17.2 Å². The van der Waals surface area contributed by atoms with Crippen molar-refractivity contribution in [2.24, 2.45) is 0 Å². The molecule has 0 spiro atoms. The number of aryl methyl sites for hydroxylation is 2. The molecule has 1 unspecified atom stereocenters. The Balaban J connectivity index is 1.87. The summed E-state index contributed by atoms with van der Waals surface area (Å²) in [6, 6.07) is 21.3. The highest BCUT2D eigenvalue weighted by Gasteiger charge is 2.19. The highest BCUT2D eigenvalue weighted by molar-refractivity contribution is 7.49. The zero-order valence-corrected chi connectivity index (χ0v) is 17.1. The van der Waals surface area contributed by atoms with Crippen molar-refractivity contribution in [1.82, 2.24) is 0 Å². The lowest BCUT2D eigenvalue weighted by atomic mass is 9.97. The van der Waals surface area contributed by atoms with Gasteiger partial charge in [-0.05, 0) is 60.2 Å². The molecule has 0 heterocycles. The van der Waals surface area contributed by atoms with Crippen LogP contribution in [-0.2, 0) is 4.57 Å². The van der Waals surface area contributed by atoms with Gasteiger partial charge in [-0.15, -0.1) is 0 Å². The van der Waals surface area contributed by atoms with Crippen molar-refractivity contribution in [1.29, 1.82) is 0 Å². The highest BCUT2D eigenvalue weighted by atomic mass is 31.1. The molecule has 146 valence electrons. The Morgan fingerprint density at radius 2 is 1.41 bits per heavy atom. The van der Waals surface area contributed by atoms with E-state index < -0.39 is 8.03 Å². The summed E-state index contributed by atoms with van der Waals surface area (Å²) in [5.41, 5.74) is 2.98. The second-order valence-corrected chi connectivity index (χ2v) is 8.31. The average Bonchev–Trinajstić information content (AvgIpc) is 2.71. The standard InChI is InChI=1S/C24H21O4P/c1-15-7-5-8-16(2)24(15)28-29(27)22-12-4-3-9-19(22)23-18-10-6-11-20(25)17(18)13-14-21(23)26/h3-14,25-26,29H,1-2H3. The summed E-state index contributed by atoms with van der Waals surface area (Å²) in [5.74, 6) is 0.795. The van der Waals surface area contributed by atoms with Crippen molar-refractivity contribution >= 4 is 24.1 Å². The quantitative estimate of drug-likeness (QED) is 0.427. The van der Waals surface area contributed by atoms with Crippen LogP contribution >= 0.6 is 8.03 Å². The minimum atomic E-state index is -2.66. The normalized spacial score (nSPS) is 12.1. The minimum absolute atomic E-state index is 0.0532. The maximum absolute atomic E-state index is 13.3. The molecule has 5 heteroatoms. The van der Waals surface area contributed by atoms with Crippen LogP contribution in [0.15, 0.2) is 72.8 Å². The molecule has 29 heavy (non-hydrogen) atoms. The number of hydrogen-bond donors (Lipinski definition) is 2. The number of phenols is 2. The summed E-state index contributed by atoms with van der Waals surface area (Å²) in [5, 5.41) is 22.6. The summed E-state index contributed by atoms with van der Waals surface area (Å²) < 4.78 is 19.2. The fourth-order valence-electron chi connectivity index (χ4n) is 3.60. The van der Waals surface area contributed by atoms with Crippen molar-refractivity contribution in [2.75, 3.05) is 0 Å². The van der Waals surface area contributed by atoms with Gasteiger partial charge in [0.25, 0.3) is 8.03 Å². The van der Waals surface area contributed by atoms with E-state index in [9.17, 15) is 14.8 Å². The second-order valence-electron chi connectivity index (χ2n) is 6.99. The van der Waals surface area contributed by atoms with Gasteiger partial charge in [-0.1, -0.05) is 48.5 Å². The van der Waals surface area contributed by atoms with Crippen LogP contribution in [0.25, 0.3) is 21.9 Å². The molecule has 2 N–H and O–H groups in total. The van der Waals surface area contributed by atoms with Gasteiger partial charge in [-0.3, -0.25) is 4.57 Å². The summed E-state index contributed by atoms with van der Waals surface area (Å²) >= 11 is 0. The van der Waals surface area contributed by atoms with Gasteiger partial charge in [0.05, 0.1) is 5.30 Å². The number of fused-ring (bicyclic) bond motifs is 1. The number of aromatic hydroxyl groups is 2. The third-order valence-electron chi connectivity index (χ3n) is 5.04. The Labute approximate surface area is 169 Å². The zero-order chi connectivity index (χ0) is 20.5. The predicted octanol–water partition coefficient (Wildman–Crippen LogP) is 5.71. The SMILES string of the molecule is Cc1cccc(C)c1O[PH](=O)c1ccccc1-c1c(O)ccc2c(O)cccc12. The molecule has 1 atom stereocenters. The monoisotopic (exact) mass is 404 g/mol. The van der Waals surface area contributed by atoms with Gasteiger partial charge in [0.2, 0.25) is 0 Å². The molecule has 4 aromatic rings. The fraction of sp³-hybridized carbons (Fsp3) is 0.0833. The zero-order valence-electron chi connectivity index (χ0n) is 16.1. The molecule has 4 nitrogen and oxygen atoms in total. The van der Waals surface area contributed by atoms with Crippen LogP contribution < -0.4 is 9.83 Å². The molecule has 0 aromatic heterocycles. The molecule has 0 saturated heterocycles. The van der Waals surface area contributed by atoms with Gasteiger partial charge in [0, 0.05) is 10.9 Å². The lowest BCUT2D eigenvalue weighted by molar-refractivity contribution is 0.476. The van der Waals surface area contributed by atoms with Crippen LogP contribution in [0, 0.1) is 13.8 Å². The lowest BCUT2D eigenvalue weighted by Crippen LogP contribution is -2.05. The number of hydrogen-bond acceptors (Lipinski definition) is 4. The molecule has 4 rings (SSSR count). The van der Waals surface area contributed by atoms with E-state index in [0.29, 0.717) is 33.0 Å². The van der Waals surface area contributed by atoms with E-state index in [1.807, 2.05) is 50.2 Å². The molecule has 0 fully saturated rings. The average molecular weight is 404 g/mol. The highest BCUT2D eigenvalue weighted by Crippen LogP contribution is 2.41. The maximum Gasteiger partial charge on any atom is 0.266 e. The first-order valence-electron chi connectivity index (χ1n) is 9.29. The molecule has 0 aliphatic rings. The Morgan fingerprint density at radius 1 is 0.724 bits per heavy atom. The first-order chi connectivity index (χ1) is 14.0. The third kappa shape index (κ3) is 3.48. The van der Waals surface area contributed by atoms with E-state index in [0.717, 1.165) is 11.1 Å². The number of para-hydroxylation sites is 1. The summed E-state index contributed by atoms with van der Waals surface area (Å²) in [7, 11) is -2.66. The number of benzene rings is 4. The summed E-state index contributed by atoms with van der Waals surface area (Å²) in [6.45, 7) is 3.84. The van der Waals surface area contributed by atoms with Gasteiger partial charge >= 0.3 is 0 Å². The van der Waals surface area contributed by atoms with E-state index in [2.05, 4.69) is 0 Å². The topological polar surface area (TPSA) is 66.8 Å². The summed E-state index contributed by atoms with van der Waals surface area (Å²) in [4.78, 5) is 0. The smallest absolute Gasteiger partial charge is 0.266 e.